The highest BCUT2D eigenvalue weighted by Gasteiger charge is 2.14. The summed E-state index contributed by atoms with van der Waals surface area (Å²) in [5, 5.41) is 0. The van der Waals surface area contributed by atoms with E-state index in [1.807, 2.05) is 37.4 Å². The predicted molar refractivity (Wildman–Crippen MR) is 120 cm³/mol. The Labute approximate surface area is 179 Å². The van der Waals surface area contributed by atoms with Crippen LogP contribution < -0.4 is 9.47 Å². The summed E-state index contributed by atoms with van der Waals surface area (Å²) in [6, 6.07) is 10.8. The van der Waals surface area contributed by atoms with Gasteiger partial charge in [0.2, 0.25) is 5.88 Å². The minimum atomic E-state index is -0.264. The molecule has 0 N–H and O–H groups in total. The van der Waals surface area contributed by atoms with E-state index in [4.69, 9.17) is 14.5 Å². The highest BCUT2D eigenvalue weighted by Crippen LogP contribution is 2.26. The Morgan fingerprint density at radius 3 is 2.41 bits per heavy atom. The van der Waals surface area contributed by atoms with Crippen LogP contribution >= 0.6 is 11.8 Å². The first-order valence-corrected chi connectivity index (χ1v) is 11.6. The molecule has 0 fully saturated rings. The number of hydrogen-bond donors (Lipinski definition) is 0. The first-order valence-electron chi connectivity index (χ1n) is 10.4. The van der Waals surface area contributed by atoms with Gasteiger partial charge < -0.3 is 9.47 Å². The van der Waals surface area contributed by atoms with E-state index in [9.17, 15) is 4.39 Å². The number of pyridine rings is 1. The van der Waals surface area contributed by atoms with Crippen LogP contribution in [0.15, 0.2) is 41.3 Å². The summed E-state index contributed by atoms with van der Waals surface area (Å²) in [6.45, 7) is 10.7. The van der Waals surface area contributed by atoms with E-state index in [0.29, 0.717) is 23.5 Å². The second kappa shape index (κ2) is 11.4. The molecule has 1 heterocycles. The predicted octanol–water partition coefficient (Wildman–Crippen LogP) is 7.11. The molecule has 3 unspecified atom stereocenters. The van der Waals surface area contributed by atoms with E-state index >= 15 is 0 Å². The number of halogens is 1. The summed E-state index contributed by atoms with van der Waals surface area (Å²) in [7, 11) is 0. The van der Waals surface area contributed by atoms with E-state index in [-0.39, 0.29) is 18.0 Å². The number of ether oxygens (including phenoxy) is 2. The van der Waals surface area contributed by atoms with E-state index < -0.39 is 0 Å². The molecule has 1 aromatic heterocycles. The van der Waals surface area contributed by atoms with Crippen molar-refractivity contribution >= 4 is 11.8 Å². The molecule has 29 heavy (non-hydrogen) atoms. The zero-order valence-corrected chi connectivity index (χ0v) is 19.3. The van der Waals surface area contributed by atoms with Crippen LogP contribution in [0.4, 0.5) is 4.39 Å². The minimum Gasteiger partial charge on any atom is -0.491 e. The molecule has 5 heteroatoms. The van der Waals surface area contributed by atoms with Crippen molar-refractivity contribution < 1.29 is 13.9 Å². The molecule has 1 aromatic carbocycles. The summed E-state index contributed by atoms with van der Waals surface area (Å²) in [5.41, 5.74) is 1.03. The third-order valence-electron chi connectivity index (χ3n) is 4.80. The molecular weight excluding hydrogens is 385 g/mol. The first-order chi connectivity index (χ1) is 13.8. The van der Waals surface area contributed by atoms with Crippen molar-refractivity contribution in [3.63, 3.8) is 0 Å². The molecule has 2 aromatic rings. The summed E-state index contributed by atoms with van der Waals surface area (Å²) in [6.07, 6.45) is 4.89. The average Bonchev–Trinajstić information content (AvgIpc) is 2.65. The lowest BCUT2D eigenvalue weighted by molar-refractivity contribution is 0.184. The molecular formula is C24H34FNO2S. The molecule has 0 saturated carbocycles. The normalized spacial score (nSPS) is 14.5. The molecule has 0 radical (unpaired) electrons. The van der Waals surface area contributed by atoms with Gasteiger partial charge in [0.1, 0.15) is 11.6 Å². The van der Waals surface area contributed by atoms with E-state index in [2.05, 4.69) is 27.7 Å². The van der Waals surface area contributed by atoms with Crippen LogP contribution in [-0.2, 0) is 0 Å². The summed E-state index contributed by atoms with van der Waals surface area (Å²) in [4.78, 5) is 5.57. The van der Waals surface area contributed by atoms with Gasteiger partial charge in [-0.1, -0.05) is 26.8 Å². The Hall–Kier alpha value is -1.75. The van der Waals surface area contributed by atoms with Crippen LogP contribution in [0.1, 0.15) is 65.5 Å². The molecule has 3 nitrogen and oxygen atoms in total. The fraction of sp³-hybridized carbons (Fsp3) is 0.542. The van der Waals surface area contributed by atoms with Crippen molar-refractivity contribution in [2.45, 2.75) is 76.9 Å². The van der Waals surface area contributed by atoms with E-state index in [1.54, 1.807) is 0 Å². The number of aromatic nitrogens is 1. The number of thioether (sulfide) groups is 1. The van der Waals surface area contributed by atoms with Crippen LogP contribution in [0.25, 0.3) is 0 Å². The van der Waals surface area contributed by atoms with Crippen LogP contribution in [-0.4, -0.2) is 23.4 Å². The molecule has 0 spiro atoms. The molecule has 0 aliphatic rings. The van der Waals surface area contributed by atoms with E-state index in [0.717, 1.165) is 29.9 Å². The Morgan fingerprint density at radius 1 is 0.966 bits per heavy atom. The molecule has 0 bridgehead atoms. The molecule has 2 rings (SSSR count). The SMILES string of the molecule is CSc1cc(F)cc(OC(C)CCC(C)c2cccc(OC(C)CC(C)C)n2)c1. The Balaban J connectivity index is 1.89. The van der Waals surface area contributed by atoms with Gasteiger partial charge in [-0.3, -0.25) is 0 Å². The number of hydrogen-bond acceptors (Lipinski definition) is 4. The fourth-order valence-corrected chi connectivity index (χ4v) is 3.80. The van der Waals surface area contributed by atoms with Gasteiger partial charge >= 0.3 is 0 Å². The van der Waals surface area contributed by atoms with Crippen molar-refractivity contribution in [3.8, 4) is 11.6 Å². The Morgan fingerprint density at radius 2 is 1.72 bits per heavy atom. The van der Waals surface area contributed by atoms with Gasteiger partial charge in [-0.05, 0) is 69.4 Å². The lowest BCUT2D eigenvalue weighted by Gasteiger charge is -2.19. The summed E-state index contributed by atoms with van der Waals surface area (Å²) >= 11 is 1.51. The minimum absolute atomic E-state index is 0.000507. The molecule has 3 atom stereocenters. The van der Waals surface area contributed by atoms with E-state index in [1.165, 1.54) is 23.9 Å². The lowest BCUT2D eigenvalue weighted by atomic mass is 9.99. The van der Waals surface area contributed by atoms with Gasteiger partial charge in [-0.2, -0.15) is 0 Å². The third-order valence-corrected chi connectivity index (χ3v) is 5.51. The zero-order valence-electron chi connectivity index (χ0n) is 18.4. The standard InChI is InChI=1S/C24H34FNO2S/c1-16(2)12-19(5)28-24-9-7-8-23(26-24)17(3)10-11-18(4)27-21-13-20(25)14-22(15-21)29-6/h7-9,13-19H,10-12H2,1-6H3. The van der Waals surface area contributed by atoms with Crippen LogP contribution in [0.3, 0.4) is 0 Å². The van der Waals surface area contributed by atoms with Gasteiger partial charge in [0, 0.05) is 22.7 Å². The van der Waals surface area contributed by atoms with Gasteiger partial charge in [0.15, 0.2) is 0 Å². The Bertz CT molecular complexity index is 768. The second-order valence-corrected chi connectivity index (χ2v) is 9.07. The highest BCUT2D eigenvalue weighted by molar-refractivity contribution is 7.98. The van der Waals surface area contributed by atoms with Crippen molar-refractivity contribution in [2.75, 3.05) is 6.26 Å². The molecule has 160 valence electrons. The zero-order chi connectivity index (χ0) is 21.4. The second-order valence-electron chi connectivity index (χ2n) is 8.19. The first kappa shape index (κ1) is 23.5. The number of benzene rings is 1. The average molecular weight is 420 g/mol. The largest absolute Gasteiger partial charge is 0.491 e. The summed E-state index contributed by atoms with van der Waals surface area (Å²) < 4.78 is 25.6. The van der Waals surface area contributed by atoms with Crippen LogP contribution in [0.2, 0.25) is 0 Å². The van der Waals surface area contributed by atoms with Crippen molar-refractivity contribution in [3.05, 3.63) is 47.9 Å². The number of nitrogens with zero attached hydrogens (tertiary/aromatic N) is 1. The highest BCUT2D eigenvalue weighted by atomic mass is 32.2. The quantitative estimate of drug-likeness (QED) is 0.363. The molecule has 0 aliphatic carbocycles. The topological polar surface area (TPSA) is 31.4 Å². The van der Waals surface area contributed by atoms with Gasteiger partial charge in [-0.25, -0.2) is 9.37 Å². The molecule has 0 aliphatic heterocycles. The van der Waals surface area contributed by atoms with Gasteiger partial charge in [-0.15, -0.1) is 11.8 Å². The summed E-state index contributed by atoms with van der Waals surface area (Å²) in [5.74, 6) is 1.90. The fourth-order valence-electron chi connectivity index (χ4n) is 3.34. The monoisotopic (exact) mass is 419 g/mol. The van der Waals surface area contributed by atoms with Gasteiger partial charge in [0.05, 0.1) is 12.2 Å². The molecule has 0 amide bonds. The maximum atomic E-state index is 13.7. The molecule has 0 saturated heterocycles. The van der Waals surface area contributed by atoms with Crippen LogP contribution in [0.5, 0.6) is 11.6 Å². The van der Waals surface area contributed by atoms with Crippen LogP contribution in [0, 0.1) is 11.7 Å². The smallest absolute Gasteiger partial charge is 0.213 e. The maximum Gasteiger partial charge on any atom is 0.213 e. The third kappa shape index (κ3) is 8.25. The number of rotatable bonds is 11. The Kier molecular flexibility index (Phi) is 9.28. The lowest BCUT2D eigenvalue weighted by Crippen LogP contribution is -2.16. The van der Waals surface area contributed by atoms with Crippen molar-refractivity contribution in [1.82, 2.24) is 4.98 Å². The van der Waals surface area contributed by atoms with Crippen molar-refractivity contribution in [1.29, 1.82) is 0 Å². The van der Waals surface area contributed by atoms with Gasteiger partial charge in [0.25, 0.3) is 0 Å². The maximum absolute atomic E-state index is 13.7. The van der Waals surface area contributed by atoms with Crippen molar-refractivity contribution in [2.24, 2.45) is 5.92 Å².